The van der Waals surface area contributed by atoms with Crippen molar-refractivity contribution < 1.29 is 9.84 Å². The second-order valence-corrected chi connectivity index (χ2v) is 5.96. The van der Waals surface area contributed by atoms with Gasteiger partial charge in [-0.15, -0.1) is 11.3 Å². The summed E-state index contributed by atoms with van der Waals surface area (Å²) >= 11 is 1.51. The molecule has 0 fully saturated rings. The van der Waals surface area contributed by atoms with Crippen LogP contribution < -0.4 is 4.74 Å². The third kappa shape index (κ3) is 3.14. The number of ether oxygens (including phenoxy) is 1. The average Bonchev–Trinajstić information content (AvgIpc) is 2.68. The molecule has 0 saturated heterocycles. The first-order valence-electron chi connectivity index (χ1n) is 6.28. The molecular weight excluding hydrogens is 258 g/mol. The Kier molecular flexibility index (Phi) is 4.22. The molecule has 2 aromatic rings. The number of rotatable bonds is 4. The lowest BCUT2D eigenvalue weighted by atomic mass is 10.1. The minimum absolute atomic E-state index is 0.0477. The first-order chi connectivity index (χ1) is 9.01. The van der Waals surface area contributed by atoms with Gasteiger partial charge in [-0.05, 0) is 38.8 Å². The Labute approximate surface area is 117 Å². The molecule has 0 aliphatic heterocycles. The molecule has 1 aromatic carbocycles. The van der Waals surface area contributed by atoms with Gasteiger partial charge in [-0.25, -0.2) is 4.98 Å². The highest BCUT2D eigenvalue weighted by Crippen LogP contribution is 2.26. The number of aliphatic hydroxyl groups excluding tert-OH is 1. The van der Waals surface area contributed by atoms with Crippen molar-refractivity contribution in [1.82, 2.24) is 4.98 Å². The Hall–Kier alpha value is -1.39. The van der Waals surface area contributed by atoms with Crippen LogP contribution in [0.5, 0.6) is 5.75 Å². The summed E-state index contributed by atoms with van der Waals surface area (Å²) in [6.45, 7) is 8.61. The molecule has 0 bridgehead atoms. The van der Waals surface area contributed by atoms with Gasteiger partial charge in [-0.2, -0.15) is 0 Å². The second kappa shape index (κ2) is 5.72. The number of hydrogen-bond acceptors (Lipinski definition) is 4. The zero-order valence-corrected chi connectivity index (χ0v) is 12.6. The predicted octanol–water partition coefficient (Wildman–Crippen LogP) is 3.45. The van der Waals surface area contributed by atoms with Gasteiger partial charge in [0, 0.05) is 0 Å². The lowest BCUT2D eigenvalue weighted by molar-refractivity contribution is 0.284. The van der Waals surface area contributed by atoms with Crippen LogP contribution in [-0.2, 0) is 13.2 Å². The lowest BCUT2D eigenvalue weighted by Gasteiger charge is -2.12. The largest absolute Gasteiger partial charge is 0.486 e. The quantitative estimate of drug-likeness (QED) is 0.930. The fraction of sp³-hybridized carbons (Fsp3) is 0.400. The SMILES string of the molecule is Cc1cc(C)c(OCc2nc(C)c(CO)s2)c(C)c1. The van der Waals surface area contributed by atoms with Gasteiger partial charge in [0.05, 0.1) is 17.2 Å². The number of aliphatic hydroxyl groups is 1. The molecule has 4 heteroatoms. The average molecular weight is 277 g/mol. The van der Waals surface area contributed by atoms with Crippen molar-refractivity contribution in [3.05, 3.63) is 44.4 Å². The Morgan fingerprint density at radius 2 is 1.79 bits per heavy atom. The van der Waals surface area contributed by atoms with Crippen molar-refractivity contribution in [1.29, 1.82) is 0 Å². The number of aryl methyl sites for hydroxylation is 4. The van der Waals surface area contributed by atoms with Crippen LogP contribution in [0.15, 0.2) is 12.1 Å². The molecule has 0 spiro atoms. The van der Waals surface area contributed by atoms with Crippen molar-refractivity contribution in [2.75, 3.05) is 0 Å². The van der Waals surface area contributed by atoms with Crippen molar-refractivity contribution in [2.24, 2.45) is 0 Å². The van der Waals surface area contributed by atoms with E-state index < -0.39 is 0 Å². The fourth-order valence-electron chi connectivity index (χ4n) is 2.23. The molecule has 0 saturated carbocycles. The van der Waals surface area contributed by atoms with Crippen molar-refractivity contribution in [2.45, 2.75) is 40.9 Å². The molecule has 0 amide bonds. The molecule has 1 aromatic heterocycles. The molecule has 2 rings (SSSR count). The third-order valence-electron chi connectivity index (χ3n) is 3.03. The summed E-state index contributed by atoms with van der Waals surface area (Å²) in [7, 11) is 0. The second-order valence-electron chi connectivity index (χ2n) is 4.79. The zero-order valence-electron chi connectivity index (χ0n) is 11.8. The number of thiazole rings is 1. The molecule has 0 aliphatic rings. The predicted molar refractivity (Wildman–Crippen MR) is 77.8 cm³/mol. The van der Waals surface area contributed by atoms with Crippen molar-refractivity contribution >= 4 is 11.3 Å². The summed E-state index contributed by atoms with van der Waals surface area (Å²) in [6, 6.07) is 4.24. The van der Waals surface area contributed by atoms with Crippen LogP contribution in [0.1, 0.15) is 32.3 Å². The highest BCUT2D eigenvalue weighted by molar-refractivity contribution is 7.11. The van der Waals surface area contributed by atoms with E-state index in [-0.39, 0.29) is 6.61 Å². The van der Waals surface area contributed by atoms with Gasteiger partial charge in [0.15, 0.2) is 0 Å². The van der Waals surface area contributed by atoms with E-state index in [1.807, 2.05) is 6.92 Å². The lowest BCUT2D eigenvalue weighted by Crippen LogP contribution is -1.99. The summed E-state index contributed by atoms with van der Waals surface area (Å²) < 4.78 is 5.89. The van der Waals surface area contributed by atoms with Gasteiger partial charge >= 0.3 is 0 Å². The monoisotopic (exact) mass is 277 g/mol. The molecule has 1 N–H and O–H groups in total. The van der Waals surface area contributed by atoms with E-state index in [0.29, 0.717) is 6.61 Å². The van der Waals surface area contributed by atoms with E-state index in [4.69, 9.17) is 9.84 Å². The van der Waals surface area contributed by atoms with Crippen LogP contribution in [0, 0.1) is 27.7 Å². The van der Waals surface area contributed by atoms with E-state index in [1.54, 1.807) is 0 Å². The van der Waals surface area contributed by atoms with Crippen LogP contribution in [0.25, 0.3) is 0 Å². The topological polar surface area (TPSA) is 42.4 Å². The summed E-state index contributed by atoms with van der Waals surface area (Å²) in [4.78, 5) is 5.32. The minimum atomic E-state index is 0.0477. The molecule has 0 atom stereocenters. The van der Waals surface area contributed by atoms with Gasteiger partial charge in [-0.1, -0.05) is 17.7 Å². The molecule has 19 heavy (non-hydrogen) atoms. The molecule has 0 unspecified atom stereocenters. The highest BCUT2D eigenvalue weighted by atomic mass is 32.1. The minimum Gasteiger partial charge on any atom is -0.486 e. The first kappa shape index (κ1) is 14.0. The molecule has 0 radical (unpaired) electrons. The van der Waals surface area contributed by atoms with Crippen LogP contribution in [0.2, 0.25) is 0 Å². The molecule has 3 nitrogen and oxygen atoms in total. The smallest absolute Gasteiger partial charge is 0.140 e. The van der Waals surface area contributed by atoms with E-state index in [2.05, 4.69) is 37.9 Å². The molecule has 0 aliphatic carbocycles. The molecule has 102 valence electrons. The third-order valence-corrected chi connectivity index (χ3v) is 4.14. The van der Waals surface area contributed by atoms with Crippen LogP contribution in [0.3, 0.4) is 0 Å². The maximum Gasteiger partial charge on any atom is 0.140 e. The maximum atomic E-state index is 9.17. The van der Waals surface area contributed by atoms with Gasteiger partial charge in [0.1, 0.15) is 17.4 Å². The van der Waals surface area contributed by atoms with E-state index in [1.165, 1.54) is 16.9 Å². The van der Waals surface area contributed by atoms with E-state index in [9.17, 15) is 0 Å². The van der Waals surface area contributed by atoms with Gasteiger partial charge in [0.2, 0.25) is 0 Å². The maximum absolute atomic E-state index is 9.17. The van der Waals surface area contributed by atoms with E-state index in [0.717, 1.165) is 32.5 Å². The van der Waals surface area contributed by atoms with Gasteiger partial charge < -0.3 is 9.84 Å². The highest BCUT2D eigenvalue weighted by Gasteiger charge is 2.09. The van der Waals surface area contributed by atoms with Crippen LogP contribution in [-0.4, -0.2) is 10.1 Å². The fourth-order valence-corrected chi connectivity index (χ4v) is 3.07. The number of hydrogen-bond donors (Lipinski definition) is 1. The number of aromatic nitrogens is 1. The summed E-state index contributed by atoms with van der Waals surface area (Å²) in [5.41, 5.74) is 4.43. The Morgan fingerprint density at radius 1 is 1.16 bits per heavy atom. The Balaban J connectivity index is 2.14. The Morgan fingerprint density at radius 3 is 2.32 bits per heavy atom. The summed E-state index contributed by atoms with van der Waals surface area (Å²) in [5, 5.41) is 10.1. The molecular formula is C15H19NO2S. The number of benzene rings is 1. The van der Waals surface area contributed by atoms with Gasteiger partial charge in [0.25, 0.3) is 0 Å². The van der Waals surface area contributed by atoms with Crippen LogP contribution >= 0.6 is 11.3 Å². The van der Waals surface area contributed by atoms with Crippen molar-refractivity contribution in [3.63, 3.8) is 0 Å². The van der Waals surface area contributed by atoms with Crippen LogP contribution in [0.4, 0.5) is 0 Å². The normalized spacial score (nSPS) is 10.8. The molecule has 1 heterocycles. The van der Waals surface area contributed by atoms with E-state index >= 15 is 0 Å². The van der Waals surface area contributed by atoms with Crippen molar-refractivity contribution in [3.8, 4) is 5.75 Å². The van der Waals surface area contributed by atoms with Gasteiger partial charge in [-0.3, -0.25) is 0 Å². The zero-order chi connectivity index (χ0) is 14.0. The summed E-state index contributed by atoms with van der Waals surface area (Å²) in [5.74, 6) is 0.934. The summed E-state index contributed by atoms with van der Waals surface area (Å²) in [6.07, 6.45) is 0. The standard InChI is InChI=1S/C15H19NO2S/c1-9-5-10(2)15(11(3)6-9)18-8-14-16-12(4)13(7-17)19-14/h5-6,17H,7-8H2,1-4H3. The Bertz CT molecular complexity index is 567. The first-order valence-corrected chi connectivity index (χ1v) is 7.09. The number of nitrogens with zero attached hydrogens (tertiary/aromatic N) is 1.